The Balaban J connectivity index is 1.29. The van der Waals surface area contributed by atoms with E-state index in [1.165, 1.54) is 0 Å². The summed E-state index contributed by atoms with van der Waals surface area (Å²) in [4.78, 5) is 53.6. The molecule has 0 bridgehead atoms. The van der Waals surface area contributed by atoms with Gasteiger partial charge in [-0.25, -0.2) is 5.10 Å². The van der Waals surface area contributed by atoms with Crippen LogP contribution in [0.3, 0.4) is 0 Å². The summed E-state index contributed by atoms with van der Waals surface area (Å²) < 4.78 is 0. The first-order valence-electron chi connectivity index (χ1n) is 11.0. The Labute approximate surface area is 189 Å². The van der Waals surface area contributed by atoms with Crippen molar-refractivity contribution in [2.75, 3.05) is 31.5 Å². The molecule has 2 fully saturated rings. The molecular formula is C24H23N5O4. The highest BCUT2D eigenvalue weighted by Crippen LogP contribution is 2.31. The molecule has 2 aliphatic rings. The molecule has 2 heterocycles. The Morgan fingerprint density at radius 3 is 2.27 bits per heavy atom. The van der Waals surface area contributed by atoms with Crippen LogP contribution in [0.25, 0.3) is 10.8 Å². The van der Waals surface area contributed by atoms with Crippen LogP contribution in [0.1, 0.15) is 33.6 Å². The molecular weight excluding hydrogens is 422 g/mol. The zero-order valence-corrected chi connectivity index (χ0v) is 17.9. The van der Waals surface area contributed by atoms with Crippen LogP contribution in [-0.2, 0) is 4.79 Å². The van der Waals surface area contributed by atoms with Gasteiger partial charge in [0.2, 0.25) is 5.91 Å². The molecule has 5 rings (SSSR count). The maximum absolute atomic E-state index is 13.0. The number of carbonyl (C=O) groups excluding carboxylic acids is 3. The summed E-state index contributed by atoms with van der Waals surface area (Å²) in [5.41, 5.74) is 0.375. The summed E-state index contributed by atoms with van der Waals surface area (Å²) >= 11 is 0. The van der Waals surface area contributed by atoms with Gasteiger partial charge in [0.15, 0.2) is 5.82 Å². The van der Waals surface area contributed by atoms with Crippen LogP contribution >= 0.6 is 0 Å². The third kappa shape index (κ3) is 4.21. The third-order valence-corrected chi connectivity index (χ3v) is 6.10. The fourth-order valence-electron chi connectivity index (χ4n) is 4.08. The van der Waals surface area contributed by atoms with E-state index in [9.17, 15) is 19.2 Å². The minimum Gasteiger partial charge on any atom is -0.339 e. The number of nitrogens with zero attached hydrogens (tertiary/aromatic N) is 3. The summed E-state index contributed by atoms with van der Waals surface area (Å²) in [5, 5.41) is 10.0. The van der Waals surface area contributed by atoms with Gasteiger partial charge in [0.1, 0.15) is 0 Å². The maximum Gasteiger partial charge on any atom is 0.272 e. The summed E-state index contributed by atoms with van der Waals surface area (Å²) in [7, 11) is 0. The molecule has 0 atom stereocenters. The highest BCUT2D eigenvalue weighted by atomic mass is 16.2. The fraction of sp³-hybridized carbons (Fsp3) is 0.292. The number of rotatable bonds is 4. The normalized spacial score (nSPS) is 16.0. The number of carbonyl (C=O) groups is 3. The van der Waals surface area contributed by atoms with Crippen LogP contribution in [0, 0.1) is 5.92 Å². The molecule has 33 heavy (non-hydrogen) atoms. The maximum atomic E-state index is 13.0. The first-order valence-corrected chi connectivity index (χ1v) is 11.0. The second-order valence-electron chi connectivity index (χ2n) is 8.37. The lowest BCUT2D eigenvalue weighted by Gasteiger charge is -2.35. The quantitative estimate of drug-likeness (QED) is 0.636. The van der Waals surface area contributed by atoms with Crippen molar-refractivity contribution in [1.29, 1.82) is 0 Å². The monoisotopic (exact) mass is 445 g/mol. The molecule has 2 N–H and O–H groups in total. The summed E-state index contributed by atoms with van der Waals surface area (Å²) in [6.07, 6.45) is 1.94. The third-order valence-electron chi connectivity index (χ3n) is 6.10. The molecule has 168 valence electrons. The van der Waals surface area contributed by atoms with Crippen LogP contribution in [-0.4, -0.2) is 63.9 Å². The van der Waals surface area contributed by atoms with Crippen molar-refractivity contribution in [3.8, 4) is 0 Å². The van der Waals surface area contributed by atoms with E-state index in [1.54, 1.807) is 53.4 Å². The standard InChI is InChI=1S/C24H23N5O4/c30-21(25-20-18-6-1-2-7-19(18)22(31)27-26-20)16-4-3-5-17(14-16)24(33)29-12-10-28(11-13-29)23(32)15-8-9-15/h1-7,14-15H,8-13H2,(H,27,31)(H,25,26,30). The van der Waals surface area contributed by atoms with Crippen LogP contribution in [0.2, 0.25) is 0 Å². The Morgan fingerprint density at radius 2 is 1.55 bits per heavy atom. The number of H-pyrrole nitrogens is 1. The number of fused-ring (bicyclic) bond motifs is 1. The minimum absolute atomic E-state index is 0.171. The number of aromatic amines is 1. The predicted octanol–water partition coefficient (Wildman–Crippen LogP) is 1.87. The van der Waals surface area contributed by atoms with Crippen molar-refractivity contribution < 1.29 is 14.4 Å². The van der Waals surface area contributed by atoms with E-state index in [0.29, 0.717) is 48.1 Å². The van der Waals surface area contributed by atoms with Crippen molar-refractivity contribution in [3.05, 3.63) is 70.0 Å². The molecule has 1 aromatic heterocycles. The van der Waals surface area contributed by atoms with E-state index in [4.69, 9.17) is 0 Å². The number of hydrogen-bond acceptors (Lipinski definition) is 5. The van der Waals surface area contributed by atoms with Crippen molar-refractivity contribution in [2.24, 2.45) is 5.92 Å². The molecule has 1 aliphatic carbocycles. The largest absolute Gasteiger partial charge is 0.339 e. The van der Waals surface area contributed by atoms with Crippen LogP contribution in [0.5, 0.6) is 0 Å². The fourth-order valence-corrected chi connectivity index (χ4v) is 4.08. The average molecular weight is 445 g/mol. The molecule has 1 aliphatic heterocycles. The lowest BCUT2D eigenvalue weighted by atomic mass is 10.1. The van der Waals surface area contributed by atoms with Gasteiger partial charge in [0.25, 0.3) is 17.4 Å². The van der Waals surface area contributed by atoms with E-state index in [1.807, 2.05) is 4.90 Å². The lowest BCUT2D eigenvalue weighted by molar-refractivity contribution is -0.134. The molecule has 9 heteroatoms. The predicted molar refractivity (Wildman–Crippen MR) is 122 cm³/mol. The van der Waals surface area contributed by atoms with E-state index in [-0.39, 0.29) is 29.1 Å². The number of amides is 3. The van der Waals surface area contributed by atoms with Gasteiger partial charge in [0.05, 0.1) is 5.39 Å². The number of anilines is 1. The second-order valence-corrected chi connectivity index (χ2v) is 8.37. The van der Waals surface area contributed by atoms with Crippen LogP contribution in [0.15, 0.2) is 53.3 Å². The van der Waals surface area contributed by atoms with Gasteiger partial charge in [-0.15, -0.1) is 0 Å². The van der Waals surface area contributed by atoms with Gasteiger partial charge in [-0.3, -0.25) is 19.2 Å². The highest BCUT2D eigenvalue weighted by molar-refractivity contribution is 6.09. The summed E-state index contributed by atoms with van der Waals surface area (Å²) in [5.74, 6) is 0.00836. The Bertz CT molecular complexity index is 1310. The van der Waals surface area contributed by atoms with Crippen molar-refractivity contribution in [3.63, 3.8) is 0 Å². The minimum atomic E-state index is -0.436. The van der Waals surface area contributed by atoms with Crippen molar-refractivity contribution in [2.45, 2.75) is 12.8 Å². The van der Waals surface area contributed by atoms with E-state index < -0.39 is 5.91 Å². The van der Waals surface area contributed by atoms with E-state index >= 15 is 0 Å². The van der Waals surface area contributed by atoms with Crippen molar-refractivity contribution >= 4 is 34.3 Å². The van der Waals surface area contributed by atoms with Gasteiger partial charge in [-0.05, 0) is 37.1 Å². The van der Waals surface area contributed by atoms with E-state index in [0.717, 1.165) is 12.8 Å². The molecule has 0 radical (unpaired) electrons. The Kier molecular flexibility index (Phi) is 5.37. The number of hydrogen-bond donors (Lipinski definition) is 2. The van der Waals surface area contributed by atoms with E-state index in [2.05, 4.69) is 15.5 Å². The van der Waals surface area contributed by atoms with Gasteiger partial charge in [-0.1, -0.05) is 24.3 Å². The lowest BCUT2D eigenvalue weighted by Crippen LogP contribution is -2.51. The molecule has 0 unspecified atom stereocenters. The smallest absolute Gasteiger partial charge is 0.272 e. The number of nitrogens with one attached hydrogen (secondary N) is 2. The number of aromatic nitrogens is 2. The molecule has 1 saturated carbocycles. The Hall–Kier alpha value is -4.01. The number of benzene rings is 2. The summed E-state index contributed by atoms with van der Waals surface area (Å²) in [6, 6.07) is 13.4. The highest BCUT2D eigenvalue weighted by Gasteiger charge is 2.35. The number of piperazine rings is 1. The summed E-state index contributed by atoms with van der Waals surface area (Å²) in [6.45, 7) is 2.01. The van der Waals surface area contributed by atoms with Gasteiger partial charge in [0, 0.05) is 48.6 Å². The molecule has 2 aromatic carbocycles. The zero-order chi connectivity index (χ0) is 22.9. The van der Waals surface area contributed by atoms with Gasteiger partial charge >= 0.3 is 0 Å². The first kappa shape index (κ1) is 20.9. The Morgan fingerprint density at radius 1 is 0.879 bits per heavy atom. The molecule has 1 saturated heterocycles. The molecule has 0 spiro atoms. The SMILES string of the molecule is O=C(Nc1n[nH]c(=O)c2ccccc12)c1cccc(C(=O)N2CCN(C(=O)C3CC3)CC2)c1. The average Bonchev–Trinajstić information content (AvgIpc) is 3.71. The van der Waals surface area contributed by atoms with Crippen LogP contribution < -0.4 is 10.9 Å². The van der Waals surface area contributed by atoms with Gasteiger partial charge < -0.3 is 15.1 Å². The molecule has 9 nitrogen and oxygen atoms in total. The zero-order valence-electron chi connectivity index (χ0n) is 17.9. The second kappa shape index (κ2) is 8.50. The van der Waals surface area contributed by atoms with Crippen LogP contribution in [0.4, 0.5) is 5.82 Å². The molecule has 3 amide bonds. The topological polar surface area (TPSA) is 115 Å². The van der Waals surface area contributed by atoms with Gasteiger partial charge in [-0.2, -0.15) is 5.10 Å². The first-order chi connectivity index (χ1) is 16.0. The molecule has 3 aromatic rings. The van der Waals surface area contributed by atoms with Crippen molar-refractivity contribution in [1.82, 2.24) is 20.0 Å².